The molecule has 1 aliphatic rings. The van der Waals surface area contributed by atoms with Gasteiger partial charge in [0.15, 0.2) is 23.0 Å². The molecule has 0 aromatic heterocycles. The molecule has 0 amide bonds. The molecule has 1 saturated heterocycles. The Balaban J connectivity index is 2.74. The van der Waals surface area contributed by atoms with E-state index in [0.717, 1.165) is 0 Å². The van der Waals surface area contributed by atoms with Crippen molar-refractivity contribution in [3.63, 3.8) is 0 Å². The van der Waals surface area contributed by atoms with E-state index in [-0.39, 0.29) is 23.1 Å². The average molecular weight is 240 g/mol. The fourth-order valence-corrected chi connectivity index (χ4v) is 2.73. The van der Waals surface area contributed by atoms with Gasteiger partial charge in [0.2, 0.25) is 0 Å². The van der Waals surface area contributed by atoms with Crippen molar-refractivity contribution in [2.75, 3.05) is 6.16 Å². The Labute approximate surface area is 80.2 Å². The number of esters is 1. The molecule has 5 nitrogen and oxygen atoms in total. The first kappa shape index (κ1) is 11.1. The van der Waals surface area contributed by atoms with Gasteiger partial charge in [-0.25, -0.2) is 4.79 Å². The van der Waals surface area contributed by atoms with E-state index in [0.29, 0.717) is 0 Å². The Morgan fingerprint density at radius 2 is 2.23 bits per heavy atom. The van der Waals surface area contributed by atoms with Crippen LogP contribution in [0.15, 0.2) is 0 Å². The maximum atomic E-state index is 11.1. The topological polar surface area (TPSA) is 69.7 Å². The summed E-state index contributed by atoms with van der Waals surface area (Å²) in [5.41, 5.74) is -0.563. The number of ether oxygens (including phenoxy) is 1. The lowest BCUT2D eigenvalue weighted by Crippen LogP contribution is -2.27. The van der Waals surface area contributed by atoms with Gasteiger partial charge in [0.05, 0.1) is 6.16 Å². The van der Waals surface area contributed by atoms with Crippen LogP contribution >= 0.6 is 26.4 Å². The van der Waals surface area contributed by atoms with Gasteiger partial charge in [0.1, 0.15) is 11.8 Å². The Bertz CT molecular complexity index is 232. The van der Waals surface area contributed by atoms with Crippen LogP contribution in [0.4, 0.5) is 0 Å². The molecule has 0 bridgehead atoms. The molecule has 13 heavy (non-hydrogen) atoms. The van der Waals surface area contributed by atoms with Gasteiger partial charge < -0.3 is 9.26 Å². The zero-order valence-electron chi connectivity index (χ0n) is 6.45. The fourth-order valence-electron chi connectivity index (χ4n) is 1.10. The van der Waals surface area contributed by atoms with Gasteiger partial charge in [-0.2, -0.15) is 0 Å². The predicted molar refractivity (Wildman–Crippen MR) is 48.3 cm³/mol. The van der Waals surface area contributed by atoms with E-state index in [1.54, 1.807) is 0 Å². The minimum absolute atomic E-state index is 0.136. The standard InChI is InChI=1S/C5H7O5P3/c6-5-3(10-11)4(13-8)2(9-5)1-12-7/h2-4H,1,11H2/t2-,3-,4-/m1/s1. The zero-order chi connectivity index (χ0) is 9.84. The summed E-state index contributed by atoms with van der Waals surface area (Å²) in [4.78, 5) is 11.1. The summed E-state index contributed by atoms with van der Waals surface area (Å²) in [7, 11) is 1.56. The first-order valence-corrected chi connectivity index (χ1v) is 5.77. The van der Waals surface area contributed by atoms with Gasteiger partial charge >= 0.3 is 5.97 Å². The molecule has 72 valence electrons. The second kappa shape index (κ2) is 5.07. The highest BCUT2D eigenvalue weighted by atomic mass is 31.1. The lowest BCUT2D eigenvalue weighted by atomic mass is 10.2. The van der Waals surface area contributed by atoms with Gasteiger partial charge in [0.25, 0.3) is 0 Å². The van der Waals surface area contributed by atoms with Gasteiger partial charge in [-0.15, -0.1) is 0 Å². The van der Waals surface area contributed by atoms with Crippen LogP contribution in [0.3, 0.4) is 0 Å². The van der Waals surface area contributed by atoms with Gasteiger partial charge in [-0.3, -0.25) is 9.13 Å². The second-order valence-electron chi connectivity index (χ2n) is 2.44. The SMILES string of the molecule is O=PC[C@H]1OC(=O)[C@H](OP)[C@@H]1P=O. The summed E-state index contributed by atoms with van der Waals surface area (Å²) in [5.74, 6) is -0.558. The Morgan fingerprint density at radius 1 is 1.54 bits per heavy atom. The molecule has 0 spiro atoms. The molecule has 8 heteroatoms. The molecule has 4 atom stereocenters. The van der Waals surface area contributed by atoms with Crippen LogP contribution in [0.2, 0.25) is 0 Å². The van der Waals surface area contributed by atoms with Crippen LogP contribution in [0.5, 0.6) is 0 Å². The van der Waals surface area contributed by atoms with Crippen LogP contribution < -0.4 is 0 Å². The summed E-state index contributed by atoms with van der Waals surface area (Å²) in [6.07, 6.45) is -1.27. The number of carbonyl (C=O) groups excluding carboxylic acids is 1. The highest BCUT2D eigenvalue weighted by molar-refractivity contribution is 7.26. The van der Waals surface area contributed by atoms with E-state index in [2.05, 4.69) is 0 Å². The number of rotatable bonds is 4. The van der Waals surface area contributed by atoms with Crippen molar-refractivity contribution in [2.45, 2.75) is 17.9 Å². The summed E-state index contributed by atoms with van der Waals surface area (Å²) in [6, 6.07) is 0. The smallest absolute Gasteiger partial charge is 0.337 e. The van der Waals surface area contributed by atoms with Crippen LogP contribution in [0.1, 0.15) is 0 Å². The van der Waals surface area contributed by atoms with Crippen molar-refractivity contribution < 1.29 is 23.2 Å². The molecule has 0 aromatic carbocycles. The summed E-state index contributed by atoms with van der Waals surface area (Å²) < 4.78 is 30.5. The van der Waals surface area contributed by atoms with E-state index in [4.69, 9.17) is 9.26 Å². The molecular formula is C5H7O5P3. The molecule has 0 saturated carbocycles. The zero-order valence-corrected chi connectivity index (χ0v) is 9.40. The molecule has 0 aliphatic carbocycles. The van der Waals surface area contributed by atoms with Crippen LogP contribution in [0, 0.1) is 0 Å². The third-order valence-electron chi connectivity index (χ3n) is 1.71. The molecule has 1 rings (SSSR count). The molecule has 0 radical (unpaired) electrons. The third-order valence-corrected chi connectivity index (χ3v) is 3.36. The lowest BCUT2D eigenvalue weighted by Gasteiger charge is -2.09. The normalized spacial score (nSPS) is 33.9. The average Bonchev–Trinajstić information content (AvgIpc) is 2.41. The third kappa shape index (κ3) is 2.30. The number of carbonyl (C=O) groups is 1. The van der Waals surface area contributed by atoms with Crippen molar-refractivity contribution in [1.29, 1.82) is 0 Å². The van der Waals surface area contributed by atoms with Crippen molar-refractivity contribution in [2.24, 2.45) is 0 Å². The monoisotopic (exact) mass is 240 g/mol. The van der Waals surface area contributed by atoms with Crippen LogP contribution in [-0.2, 0) is 23.2 Å². The second-order valence-corrected chi connectivity index (χ2v) is 4.14. The first-order valence-electron chi connectivity index (χ1n) is 3.42. The van der Waals surface area contributed by atoms with E-state index < -0.39 is 23.8 Å². The number of hydrogen-bond acceptors (Lipinski definition) is 5. The molecule has 0 N–H and O–H groups in total. The van der Waals surface area contributed by atoms with Crippen molar-refractivity contribution in [3.8, 4) is 0 Å². The lowest BCUT2D eigenvalue weighted by molar-refractivity contribution is -0.145. The van der Waals surface area contributed by atoms with Crippen molar-refractivity contribution in [3.05, 3.63) is 0 Å². The molecule has 0 aromatic rings. The quantitative estimate of drug-likeness (QED) is 0.542. The summed E-state index contributed by atoms with van der Waals surface area (Å²) >= 11 is 0. The molecular weight excluding hydrogens is 233 g/mol. The van der Waals surface area contributed by atoms with E-state index in [1.807, 2.05) is 9.47 Å². The summed E-state index contributed by atoms with van der Waals surface area (Å²) in [6.45, 7) is 0. The molecule has 1 heterocycles. The predicted octanol–water partition coefficient (Wildman–Crippen LogP) is 1.04. The van der Waals surface area contributed by atoms with E-state index in [9.17, 15) is 13.9 Å². The van der Waals surface area contributed by atoms with Crippen molar-refractivity contribution in [1.82, 2.24) is 0 Å². The van der Waals surface area contributed by atoms with Gasteiger partial charge in [-0.1, -0.05) is 0 Å². The van der Waals surface area contributed by atoms with Gasteiger partial charge in [-0.05, 0) is 0 Å². The van der Waals surface area contributed by atoms with E-state index in [1.165, 1.54) is 0 Å². The highest BCUT2D eigenvalue weighted by Crippen LogP contribution is 2.31. The van der Waals surface area contributed by atoms with Crippen LogP contribution in [0.25, 0.3) is 0 Å². The Hall–Kier alpha value is 0.0600. The Kier molecular flexibility index (Phi) is 4.34. The number of cyclic esters (lactones) is 1. The molecule has 1 unspecified atom stereocenters. The summed E-state index contributed by atoms with van der Waals surface area (Å²) in [5, 5.41) is 0. The Morgan fingerprint density at radius 3 is 2.69 bits per heavy atom. The maximum Gasteiger partial charge on any atom is 0.337 e. The fraction of sp³-hybridized carbons (Fsp3) is 0.800. The largest absolute Gasteiger partial charge is 0.458 e. The minimum atomic E-state index is -0.837. The van der Waals surface area contributed by atoms with Crippen molar-refractivity contribution >= 4 is 32.4 Å². The van der Waals surface area contributed by atoms with Gasteiger partial charge in [0, 0.05) is 9.47 Å². The van der Waals surface area contributed by atoms with Crippen LogP contribution in [-0.4, -0.2) is 30.0 Å². The molecule has 1 fully saturated rings. The number of hydrogen-bond donors (Lipinski definition) is 0. The maximum absolute atomic E-state index is 11.1. The first-order chi connectivity index (χ1) is 6.24. The minimum Gasteiger partial charge on any atom is -0.458 e. The van der Waals surface area contributed by atoms with E-state index >= 15 is 0 Å². The highest BCUT2D eigenvalue weighted by Gasteiger charge is 2.45. The molecule has 1 aliphatic heterocycles.